The van der Waals surface area contributed by atoms with Gasteiger partial charge in [0, 0.05) is 35.2 Å². The third-order valence-corrected chi connectivity index (χ3v) is 8.31. The zero-order valence-electron chi connectivity index (χ0n) is 22.7. The number of likely N-dealkylation sites (tertiary alicyclic amines) is 1. The molecule has 0 bridgehead atoms. The molecule has 41 heavy (non-hydrogen) atoms. The Kier molecular flexibility index (Phi) is 6.90. The number of carboxylic acid groups (broad SMARTS) is 1. The highest BCUT2D eigenvalue weighted by atomic mass is 16.5. The summed E-state index contributed by atoms with van der Waals surface area (Å²) in [6.07, 6.45) is 4.91. The van der Waals surface area contributed by atoms with Crippen LogP contribution in [0.25, 0.3) is 22.0 Å². The Morgan fingerprint density at radius 3 is 2.68 bits per heavy atom. The standard InChI is InChI=1S/C32H32N4O5/c37-32(38)22-8-9-27-28(16-22)36(17-24-12-15-39-24)30(33-27)18-35-13-10-21(11-14-35)26-5-3-7-31(34-26)41-20-23-19-40-29-6-2-1-4-25(23)29/h1-9,16,19,21,24H,10-15,17-18,20H2,(H,37,38). The third kappa shape index (κ3) is 5.30. The molecule has 0 spiro atoms. The molecule has 2 saturated heterocycles. The van der Waals surface area contributed by atoms with Gasteiger partial charge < -0.3 is 23.6 Å². The number of piperidine rings is 1. The van der Waals surface area contributed by atoms with Crippen molar-refractivity contribution in [2.75, 3.05) is 19.7 Å². The minimum Gasteiger partial charge on any atom is -0.478 e. The quantitative estimate of drug-likeness (QED) is 0.251. The molecule has 9 heteroatoms. The van der Waals surface area contributed by atoms with Gasteiger partial charge in [0.15, 0.2) is 0 Å². The van der Waals surface area contributed by atoms with Crippen LogP contribution in [0.1, 0.15) is 52.6 Å². The lowest BCUT2D eigenvalue weighted by Crippen LogP contribution is -2.35. The zero-order valence-corrected chi connectivity index (χ0v) is 22.7. The number of rotatable bonds is 9. The van der Waals surface area contributed by atoms with E-state index in [4.69, 9.17) is 23.9 Å². The molecular weight excluding hydrogens is 520 g/mol. The molecular formula is C32H32N4O5. The molecule has 5 heterocycles. The highest BCUT2D eigenvalue weighted by molar-refractivity contribution is 5.92. The van der Waals surface area contributed by atoms with Crippen LogP contribution in [0.4, 0.5) is 0 Å². The number of imidazole rings is 1. The summed E-state index contributed by atoms with van der Waals surface area (Å²) >= 11 is 0. The highest BCUT2D eigenvalue weighted by Gasteiger charge is 2.26. The smallest absolute Gasteiger partial charge is 0.335 e. The van der Waals surface area contributed by atoms with Gasteiger partial charge in [0.05, 0.1) is 42.1 Å². The van der Waals surface area contributed by atoms with Gasteiger partial charge in [-0.25, -0.2) is 14.8 Å². The first-order chi connectivity index (χ1) is 20.1. The maximum Gasteiger partial charge on any atom is 0.335 e. The Morgan fingerprint density at radius 2 is 1.88 bits per heavy atom. The number of aromatic carboxylic acids is 1. The number of fused-ring (bicyclic) bond motifs is 2. The van der Waals surface area contributed by atoms with Gasteiger partial charge in [-0.3, -0.25) is 4.90 Å². The normalized spacial score (nSPS) is 18.1. The Bertz CT molecular complexity index is 1700. The Hall–Kier alpha value is -4.21. The molecule has 0 amide bonds. The molecule has 2 fully saturated rings. The fourth-order valence-electron chi connectivity index (χ4n) is 5.88. The maximum absolute atomic E-state index is 11.6. The largest absolute Gasteiger partial charge is 0.478 e. The average molecular weight is 553 g/mol. The molecule has 210 valence electrons. The van der Waals surface area contributed by atoms with Gasteiger partial charge >= 0.3 is 5.97 Å². The van der Waals surface area contributed by atoms with Gasteiger partial charge in [-0.15, -0.1) is 0 Å². The predicted molar refractivity (Wildman–Crippen MR) is 153 cm³/mol. The van der Waals surface area contributed by atoms with E-state index in [1.54, 1.807) is 18.4 Å². The molecule has 9 nitrogen and oxygen atoms in total. The molecule has 1 N–H and O–H groups in total. The summed E-state index contributed by atoms with van der Waals surface area (Å²) in [7, 11) is 0. The highest BCUT2D eigenvalue weighted by Crippen LogP contribution is 2.30. The summed E-state index contributed by atoms with van der Waals surface area (Å²) in [5, 5.41) is 10.6. The number of carbonyl (C=O) groups is 1. The zero-order chi connectivity index (χ0) is 27.8. The maximum atomic E-state index is 11.6. The minimum atomic E-state index is -0.929. The summed E-state index contributed by atoms with van der Waals surface area (Å²) < 4.78 is 19.6. The summed E-state index contributed by atoms with van der Waals surface area (Å²) in [4.78, 5) is 23.8. The number of nitrogens with zero attached hydrogens (tertiary/aromatic N) is 4. The second-order valence-electron chi connectivity index (χ2n) is 10.9. The van der Waals surface area contributed by atoms with Crippen molar-refractivity contribution < 1.29 is 23.8 Å². The van der Waals surface area contributed by atoms with Crippen molar-refractivity contribution in [3.8, 4) is 5.88 Å². The van der Waals surface area contributed by atoms with E-state index in [1.807, 2.05) is 42.5 Å². The van der Waals surface area contributed by atoms with Gasteiger partial charge in [0.2, 0.25) is 5.88 Å². The average Bonchev–Trinajstić information content (AvgIpc) is 3.54. The van der Waals surface area contributed by atoms with E-state index in [-0.39, 0.29) is 11.7 Å². The lowest BCUT2D eigenvalue weighted by atomic mass is 9.93. The Balaban J connectivity index is 1.01. The number of pyridine rings is 1. The number of hydrogen-bond donors (Lipinski definition) is 1. The van der Waals surface area contributed by atoms with E-state index in [0.717, 1.165) is 78.0 Å². The second kappa shape index (κ2) is 11.0. The lowest BCUT2D eigenvalue weighted by molar-refractivity contribution is -0.0592. The van der Waals surface area contributed by atoms with Gasteiger partial charge in [-0.1, -0.05) is 24.3 Å². The SMILES string of the molecule is O=C(O)c1ccc2nc(CN3CCC(c4cccc(OCc5coc6ccccc56)n4)CC3)n(CC3CCO3)c2c1. The number of aromatic nitrogens is 3. The van der Waals surface area contributed by atoms with Crippen molar-refractivity contribution in [2.24, 2.45) is 0 Å². The monoisotopic (exact) mass is 552 g/mol. The van der Waals surface area contributed by atoms with Gasteiger partial charge in [-0.2, -0.15) is 0 Å². The summed E-state index contributed by atoms with van der Waals surface area (Å²) in [6, 6.07) is 19.1. The van der Waals surface area contributed by atoms with Crippen molar-refractivity contribution >= 4 is 28.0 Å². The Labute approximate surface area is 237 Å². The molecule has 0 radical (unpaired) electrons. The van der Waals surface area contributed by atoms with Gasteiger partial charge in [0.1, 0.15) is 18.0 Å². The number of para-hydroxylation sites is 1. The van der Waals surface area contributed by atoms with E-state index < -0.39 is 5.97 Å². The number of benzene rings is 2. The number of furan rings is 1. The van der Waals surface area contributed by atoms with Crippen LogP contribution in [0, 0.1) is 0 Å². The first kappa shape index (κ1) is 25.7. The summed E-state index contributed by atoms with van der Waals surface area (Å²) in [5.41, 5.74) is 4.89. The summed E-state index contributed by atoms with van der Waals surface area (Å²) in [6.45, 7) is 4.46. The number of ether oxygens (including phenoxy) is 2. The van der Waals surface area contributed by atoms with Crippen molar-refractivity contribution in [1.82, 2.24) is 19.4 Å². The van der Waals surface area contributed by atoms with Crippen molar-refractivity contribution in [3.05, 3.63) is 89.6 Å². The van der Waals surface area contributed by atoms with Crippen LogP contribution < -0.4 is 4.74 Å². The van der Waals surface area contributed by atoms with Crippen LogP contribution in [0.5, 0.6) is 5.88 Å². The summed E-state index contributed by atoms with van der Waals surface area (Å²) in [5.74, 6) is 1.02. The molecule has 5 aromatic rings. The molecule has 1 unspecified atom stereocenters. The van der Waals surface area contributed by atoms with Crippen LogP contribution >= 0.6 is 0 Å². The van der Waals surface area contributed by atoms with Gasteiger partial charge in [0.25, 0.3) is 0 Å². The van der Waals surface area contributed by atoms with E-state index in [1.165, 1.54) is 0 Å². The molecule has 7 rings (SSSR count). The fourth-order valence-corrected chi connectivity index (χ4v) is 5.88. The predicted octanol–water partition coefficient (Wildman–Crippen LogP) is 5.62. The topological polar surface area (TPSA) is 103 Å². The third-order valence-electron chi connectivity index (χ3n) is 8.31. The van der Waals surface area contributed by atoms with Crippen molar-refractivity contribution in [2.45, 2.75) is 51.0 Å². The van der Waals surface area contributed by atoms with E-state index >= 15 is 0 Å². The molecule has 3 aromatic heterocycles. The molecule has 0 aliphatic carbocycles. The lowest BCUT2D eigenvalue weighted by Gasteiger charge is -2.32. The minimum absolute atomic E-state index is 0.151. The van der Waals surface area contributed by atoms with E-state index in [2.05, 4.69) is 15.5 Å². The molecule has 2 aliphatic rings. The molecule has 2 aliphatic heterocycles. The molecule has 1 atom stereocenters. The Morgan fingerprint density at radius 1 is 1.02 bits per heavy atom. The molecule has 0 saturated carbocycles. The van der Waals surface area contributed by atoms with Crippen LogP contribution in [-0.2, 0) is 24.4 Å². The van der Waals surface area contributed by atoms with Crippen LogP contribution in [0.3, 0.4) is 0 Å². The first-order valence-corrected chi connectivity index (χ1v) is 14.2. The second-order valence-corrected chi connectivity index (χ2v) is 10.9. The van der Waals surface area contributed by atoms with Crippen molar-refractivity contribution in [1.29, 1.82) is 0 Å². The number of carboxylic acids is 1. The van der Waals surface area contributed by atoms with Crippen molar-refractivity contribution in [3.63, 3.8) is 0 Å². The van der Waals surface area contributed by atoms with Gasteiger partial charge in [-0.05, 0) is 62.7 Å². The van der Waals surface area contributed by atoms with Crippen LogP contribution in [0.15, 0.2) is 71.3 Å². The molecule has 2 aromatic carbocycles. The van der Waals surface area contributed by atoms with Crippen LogP contribution in [0.2, 0.25) is 0 Å². The fraction of sp³-hybridized carbons (Fsp3) is 0.344. The van der Waals surface area contributed by atoms with E-state index in [9.17, 15) is 9.90 Å². The van der Waals surface area contributed by atoms with Crippen LogP contribution in [-0.4, -0.2) is 56.3 Å². The van der Waals surface area contributed by atoms with E-state index in [0.29, 0.717) is 31.5 Å². The number of hydrogen-bond acceptors (Lipinski definition) is 7. The first-order valence-electron chi connectivity index (χ1n) is 14.2.